The highest BCUT2D eigenvalue weighted by Gasteiger charge is 2.13. The van der Waals surface area contributed by atoms with Gasteiger partial charge in [-0.3, -0.25) is 0 Å². The summed E-state index contributed by atoms with van der Waals surface area (Å²) < 4.78 is 4.86. The molecule has 0 saturated heterocycles. The summed E-state index contributed by atoms with van der Waals surface area (Å²) in [4.78, 5) is 0. The zero-order valence-electron chi connectivity index (χ0n) is 19.7. The number of aromatic nitrogens is 2. The minimum Gasteiger partial charge on any atom is -0.237 e. The summed E-state index contributed by atoms with van der Waals surface area (Å²) in [7, 11) is 2.21. The molecule has 1 aromatic heterocycles. The Morgan fingerprint density at radius 1 is 0.607 bits per heavy atom. The molecule has 0 N–H and O–H groups in total. The van der Waals surface area contributed by atoms with E-state index >= 15 is 0 Å². The second-order valence-electron chi connectivity index (χ2n) is 8.93. The molecule has 0 aliphatic carbocycles. The van der Waals surface area contributed by atoms with Crippen LogP contribution in [0.15, 0.2) is 12.4 Å². The van der Waals surface area contributed by atoms with E-state index in [0.717, 1.165) is 0 Å². The Morgan fingerprint density at radius 3 is 1.54 bits per heavy atom. The molecule has 1 heterocycles. The van der Waals surface area contributed by atoms with Gasteiger partial charge >= 0.3 is 0 Å². The van der Waals surface area contributed by atoms with Crippen LogP contribution in [-0.2, 0) is 20.0 Å². The maximum Gasteiger partial charge on any atom is 0.256 e. The van der Waals surface area contributed by atoms with Crippen LogP contribution in [0.5, 0.6) is 0 Å². The van der Waals surface area contributed by atoms with Crippen LogP contribution in [-0.4, -0.2) is 4.57 Å². The highest BCUT2D eigenvalue weighted by Crippen LogP contribution is 2.13. The third-order valence-corrected chi connectivity index (χ3v) is 6.22. The maximum atomic E-state index is 2.52. The minimum absolute atomic E-state index is 1.21. The van der Waals surface area contributed by atoms with Gasteiger partial charge in [0.1, 0.15) is 12.4 Å². The average Bonchev–Trinajstić information content (AvgIpc) is 3.05. The van der Waals surface area contributed by atoms with Crippen molar-refractivity contribution >= 4 is 0 Å². The van der Waals surface area contributed by atoms with Gasteiger partial charge < -0.3 is 0 Å². The molecule has 0 radical (unpaired) electrons. The topological polar surface area (TPSA) is 8.81 Å². The Balaban J connectivity index is 2.02. The maximum absolute atomic E-state index is 2.52. The van der Waals surface area contributed by atoms with E-state index in [4.69, 9.17) is 0 Å². The van der Waals surface area contributed by atoms with Gasteiger partial charge in [-0.1, -0.05) is 110 Å². The molecule has 0 bridgehead atoms. The molecule has 0 fully saturated rings. The molecule has 164 valence electrons. The van der Waals surface area contributed by atoms with E-state index in [9.17, 15) is 0 Å². The van der Waals surface area contributed by atoms with E-state index in [2.05, 4.69) is 42.4 Å². The van der Waals surface area contributed by atoms with Gasteiger partial charge in [0.2, 0.25) is 0 Å². The van der Waals surface area contributed by atoms with Crippen molar-refractivity contribution in [2.75, 3.05) is 0 Å². The van der Waals surface area contributed by atoms with E-state index < -0.39 is 0 Å². The van der Waals surface area contributed by atoms with Gasteiger partial charge in [-0.2, -0.15) is 0 Å². The van der Waals surface area contributed by atoms with Crippen LogP contribution in [0.25, 0.3) is 0 Å². The lowest BCUT2D eigenvalue weighted by molar-refractivity contribution is -0.678. The molecular weight excluding hydrogens is 340 g/mol. The molecule has 0 aromatic carbocycles. The summed E-state index contributed by atoms with van der Waals surface area (Å²) in [6.45, 7) is 5.80. The Hall–Kier alpha value is -0.790. The van der Waals surface area contributed by atoms with Gasteiger partial charge in [0.25, 0.3) is 5.82 Å². The lowest BCUT2D eigenvalue weighted by Gasteiger charge is -2.05. The number of hydrogen-bond donors (Lipinski definition) is 0. The number of nitrogens with zero attached hydrogens (tertiary/aromatic N) is 2. The predicted octanol–water partition coefficient (Wildman–Crippen LogP) is 7.92. The zero-order chi connectivity index (χ0) is 20.3. The SMILES string of the molecule is CCCCCCCCCCCCCCn1cc[n+](C)c1CCCCCCCC. The lowest BCUT2D eigenvalue weighted by atomic mass is 10.1. The minimum atomic E-state index is 1.21. The van der Waals surface area contributed by atoms with Gasteiger partial charge in [-0.05, 0) is 19.3 Å². The van der Waals surface area contributed by atoms with Crippen LogP contribution in [0.2, 0.25) is 0 Å². The summed E-state index contributed by atoms with van der Waals surface area (Å²) >= 11 is 0. The molecule has 0 saturated carbocycles. The number of rotatable bonds is 20. The molecule has 0 atom stereocenters. The van der Waals surface area contributed by atoms with Crippen LogP contribution in [0.1, 0.15) is 135 Å². The van der Waals surface area contributed by atoms with Gasteiger partial charge in [0.05, 0.1) is 13.6 Å². The Morgan fingerprint density at radius 2 is 1.04 bits per heavy atom. The van der Waals surface area contributed by atoms with Crippen LogP contribution in [0.3, 0.4) is 0 Å². The lowest BCUT2D eigenvalue weighted by Crippen LogP contribution is -2.32. The van der Waals surface area contributed by atoms with Gasteiger partial charge in [0, 0.05) is 6.42 Å². The number of unbranched alkanes of at least 4 members (excludes halogenated alkanes) is 16. The average molecular weight is 392 g/mol. The van der Waals surface area contributed by atoms with Crippen molar-refractivity contribution in [2.24, 2.45) is 7.05 Å². The molecule has 2 nitrogen and oxygen atoms in total. The summed E-state index contributed by atoms with van der Waals surface area (Å²) in [6.07, 6.45) is 31.3. The fourth-order valence-corrected chi connectivity index (χ4v) is 4.27. The second-order valence-corrected chi connectivity index (χ2v) is 8.93. The monoisotopic (exact) mass is 391 g/mol. The first-order chi connectivity index (χ1) is 13.8. The number of hydrogen-bond acceptors (Lipinski definition) is 0. The Kier molecular flexibility index (Phi) is 16.5. The van der Waals surface area contributed by atoms with Crippen molar-refractivity contribution in [3.63, 3.8) is 0 Å². The molecular formula is C26H51N2+. The summed E-state index contributed by atoms with van der Waals surface area (Å²) in [6, 6.07) is 0. The molecule has 28 heavy (non-hydrogen) atoms. The molecule has 1 aromatic rings. The third-order valence-electron chi connectivity index (χ3n) is 6.22. The first-order valence-corrected chi connectivity index (χ1v) is 12.8. The standard InChI is InChI=1S/C26H51N2/c1-4-6-8-10-12-13-14-15-16-17-19-21-23-28-25-24-27(3)26(28)22-20-18-11-9-7-5-2/h24-25H,4-23H2,1-3H3/q+1. The summed E-state index contributed by atoms with van der Waals surface area (Å²) in [5, 5.41) is 0. The molecule has 0 aliphatic rings. The quantitative estimate of drug-likeness (QED) is 0.158. The smallest absolute Gasteiger partial charge is 0.237 e. The highest BCUT2D eigenvalue weighted by atomic mass is 15.1. The summed E-state index contributed by atoms with van der Waals surface area (Å²) in [5.74, 6) is 1.53. The largest absolute Gasteiger partial charge is 0.256 e. The van der Waals surface area contributed by atoms with E-state index in [0.29, 0.717) is 0 Å². The van der Waals surface area contributed by atoms with Crippen molar-refractivity contribution in [2.45, 2.75) is 142 Å². The Bertz CT molecular complexity index is 449. The fourth-order valence-electron chi connectivity index (χ4n) is 4.27. The van der Waals surface area contributed by atoms with Crippen molar-refractivity contribution in [3.05, 3.63) is 18.2 Å². The summed E-state index contributed by atoms with van der Waals surface area (Å²) in [5.41, 5.74) is 0. The second kappa shape index (κ2) is 18.3. The van der Waals surface area contributed by atoms with E-state index in [1.54, 1.807) is 0 Å². The number of imidazole rings is 1. The van der Waals surface area contributed by atoms with Crippen molar-refractivity contribution in [1.29, 1.82) is 0 Å². The molecule has 0 spiro atoms. The van der Waals surface area contributed by atoms with Crippen molar-refractivity contribution in [1.82, 2.24) is 4.57 Å². The van der Waals surface area contributed by atoms with Gasteiger partial charge in [-0.25, -0.2) is 9.13 Å². The van der Waals surface area contributed by atoms with Crippen LogP contribution >= 0.6 is 0 Å². The molecule has 2 heteroatoms. The first kappa shape index (κ1) is 25.2. The molecule has 0 aliphatic heterocycles. The predicted molar refractivity (Wildman–Crippen MR) is 124 cm³/mol. The van der Waals surface area contributed by atoms with Crippen molar-refractivity contribution in [3.8, 4) is 0 Å². The first-order valence-electron chi connectivity index (χ1n) is 12.8. The van der Waals surface area contributed by atoms with Crippen LogP contribution in [0.4, 0.5) is 0 Å². The molecule has 0 amide bonds. The molecule has 0 unspecified atom stereocenters. The fraction of sp³-hybridized carbons (Fsp3) is 0.885. The normalized spacial score (nSPS) is 11.4. The molecule has 1 rings (SSSR count). The van der Waals surface area contributed by atoms with Gasteiger partial charge in [0.15, 0.2) is 0 Å². The van der Waals surface area contributed by atoms with E-state index in [1.807, 2.05) is 0 Å². The van der Waals surface area contributed by atoms with E-state index in [-0.39, 0.29) is 0 Å². The Labute approximate surface area is 177 Å². The van der Waals surface area contributed by atoms with Crippen molar-refractivity contribution < 1.29 is 4.57 Å². The number of aryl methyl sites for hydroxylation is 2. The van der Waals surface area contributed by atoms with Crippen LogP contribution < -0.4 is 4.57 Å². The highest BCUT2D eigenvalue weighted by molar-refractivity contribution is 4.84. The van der Waals surface area contributed by atoms with Crippen LogP contribution in [0, 0.1) is 0 Å². The van der Waals surface area contributed by atoms with Gasteiger partial charge in [-0.15, -0.1) is 0 Å². The van der Waals surface area contributed by atoms with E-state index in [1.165, 1.54) is 134 Å². The third kappa shape index (κ3) is 12.6. The zero-order valence-corrected chi connectivity index (χ0v) is 19.7.